The highest BCUT2D eigenvalue weighted by molar-refractivity contribution is 5.12. The third-order valence-electron chi connectivity index (χ3n) is 2.77. The van der Waals surface area contributed by atoms with Gasteiger partial charge >= 0.3 is 0 Å². The lowest BCUT2D eigenvalue weighted by atomic mass is 9.80. The predicted octanol–water partition coefficient (Wildman–Crippen LogP) is 1.12. The molecule has 0 aliphatic carbocycles. The van der Waals surface area contributed by atoms with E-state index in [0.29, 0.717) is 11.3 Å². The number of nitrogens with one attached hydrogen (secondary N) is 2. The molecule has 0 aromatic carbocycles. The van der Waals surface area contributed by atoms with Gasteiger partial charge < -0.3 is 10.3 Å². The van der Waals surface area contributed by atoms with Crippen molar-refractivity contribution in [2.24, 2.45) is 5.41 Å². The molecule has 0 saturated carbocycles. The summed E-state index contributed by atoms with van der Waals surface area (Å²) < 4.78 is 0. The smallest absolute Gasteiger partial charge is 0.0921 e. The van der Waals surface area contributed by atoms with Gasteiger partial charge in [-0.3, -0.25) is 0 Å². The molecule has 1 saturated heterocycles. The minimum Gasteiger partial charge on any atom is -0.348 e. The summed E-state index contributed by atoms with van der Waals surface area (Å²) in [5.74, 6) is 0.583. The molecule has 0 spiro atoms. The van der Waals surface area contributed by atoms with Crippen molar-refractivity contribution in [3.63, 3.8) is 0 Å². The minimum absolute atomic E-state index is 0.354. The summed E-state index contributed by atoms with van der Waals surface area (Å²) in [5.41, 5.74) is 1.61. The average Bonchev–Trinajstić information content (AvgIpc) is 2.55. The van der Waals surface area contributed by atoms with Crippen LogP contribution in [0.4, 0.5) is 0 Å². The third-order valence-corrected chi connectivity index (χ3v) is 2.77. The van der Waals surface area contributed by atoms with Gasteiger partial charge in [0.15, 0.2) is 0 Å². The molecule has 1 unspecified atom stereocenters. The third kappa shape index (κ3) is 1.14. The highest BCUT2D eigenvalue weighted by Crippen LogP contribution is 2.36. The van der Waals surface area contributed by atoms with Crippen molar-refractivity contribution in [3.05, 3.63) is 18.2 Å². The van der Waals surface area contributed by atoms with Crippen LogP contribution >= 0.6 is 0 Å². The van der Waals surface area contributed by atoms with Crippen LogP contribution in [0.3, 0.4) is 0 Å². The Bertz CT molecular complexity index is 251. The van der Waals surface area contributed by atoms with Gasteiger partial charge in [0.25, 0.3) is 0 Å². The first-order valence-electron chi connectivity index (χ1n) is 4.39. The summed E-state index contributed by atoms with van der Waals surface area (Å²) in [4.78, 5) is 7.23. The normalized spacial score (nSPS) is 27.7. The maximum absolute atomic E-state index is 4.05. The number of H-pyrrole nitrogens is 1. The molecule has 1 aliphatic heterocycles. The average molecular weight is 165 g/mol. The van der Waals surface area contributed by atoms with E-state index >= 15 is 0 Å². The van der Waals surface area contributed by atoms with Crippen molar-refractivity contribution < 1.29 is 0 Å². The van der Waals surface area contributed by atoms with E-state index in [2.05, 4.69) is 29.1 Å². The van der Waals surface area contributed by atoms with E-state index < -0.39 is 0 Å². The molecule has 1 aliphatic rings. The van der Waals surface area contributed by atoms with Crippen LogP contribution < -0.4 is 5.32 Å². The quantitative estimate of drug-likeness (QED) is 0.654. The fraction of sp³-hybridized carbons (Fsp3) is 0.667. The van der Waals surface area contributed by atoms with Crippen molar-refractivity contribution in [2.75, 3.05) is 13.1 Å². The van der Waals surface area contributed by atoms with E-state index in [1.54, 1.807) is 6.33 Å². The number of aromatic nitrogens is 2. The lowest BCUT2D eigenvalue weighted by Gasteiger charge is -2.24. The van der Waals surface area contributed by atoms with Gasteiger partial charge in [-0.25, -0.2) is 4.98 Å². The van der Waals surface area contributed by atoms with Crippen molar-refractivity contribution >= 4 is 0 Å². The highest BCUT2D eigenvalue weighted by atomic mass is 15.0. The molecule has 12 heavy (non-hydrogen) atoms. The van der Waals surface area contributed by atoms with Crippen LogP contribution in [0, 0.1) is 5.41 Å². The summed E-state index contributed by atoms with van der Waals surface area (Å²) in [6, 6.07) is 0. The maximum atomic E-state index is 4.05. The Morgan fingerprint density at radius 3 is 2.92 bits per heavy atom. The summed E-state index contributed by atoms with van der Waals surface area (Å²) in [6.45, 7) is 6.74. The first-order valence-corrected chi connectivity index (χ1v) is 4.39. The highest BCUT2D eigenvalue weighted by Gasteiger charge is 2.35. The van der Waals surface area contributed by atoms with Crippen LogP contribution in [0.25, 0.3) is 0 Å². The maximum Gasteiger partial charge on any atom is 0.0921 e. The standard InChI is InChI=1S/C9H15N3/c1-9(2)5-10-3-7(9)8-4-11-6-12-8/h4,6-7,10H,3,5H2,1-2H3,(H,11,12). The van der Waals surface area contributed by atoms with Crippen LogP contribution in [0.15, 0.2) is 12.5 Å². The summed E-state index contributed by atoms with van der Waals surface area (Å²) in [5, 5.41) is 3.40. The first kappa shape index (κ1) is 7.80. The number of imidazole rings is 1. The second-order valence-electron chi connectivity index (χ2n) is 4.18. The number of rotatable bonds is 1. The lowest BCUT2D eigenvalue weighted by molar-refractivity contribution is 0.358. The SMILES string of the molecule is CC1(C)CNCC1c1cnc[nH]1. The van der Waals surface area contributed by atoms with Gasteiger partial charge in [0.05, 0.1) is 6.33 Å². The Morgan fingerprint density at radius 2 is 2.42 bits per heavy atom. The Hall–Kier alpha value is -0.830. The van der Waals surface area contributed by atoms with Crippen LogP contribution in [0.2, 0.25) is 0 Å². The molecule has 0 bridgehead atoms. The zero-order valence-electron chi connectivity index (χ0n) is 7.59. The monoisotopic (exact) mass is 165 g/mol. The zero-order chi connectivity index (χ0) is 8.60. The van der Waals surface area contributed by atoms with Gasteiger partial charge in [-0.2, -0.15) is 0 Å². The van der Waals surface area contributed by atoms with Crippen molar-refractivity contribution in [2.45, 2.75) is 19.8 Å². The molecule has 1 fully saturated rings. The van der Waals surface area contributed by atoms with E-state index in [4.69, 9.17) is 0 Å². The van der Waals surface area contributed by atoms with Crippen LogP contribution in [-0.2, 0) is 0 Å². The van der Waals surface area contributed by atoms with Gasteiger partial charge in [-0.05, 0) is 5.41 Å². The number of nitrogens with zero attached hydrogens (tertiary/aromatic N) is 1. The Morgan fingerprint density at radius 1 is 1.58 bits per heavy atom. The molecule has 0 radical (unpaired) electrons. The van der Waals surface area contributed by atoms with Crippen molar-refractivity contribution in [1.29, 1.82) is 0 Å². The van der Waals surface area contributed by atoms with Crippen LogP contribution in [-0.4, -0.2) is 23.1 Å². The lowest BCUT2D eigenvalue weighted by Crippen LogP contribution is -2.20. The van der Waals surface area contributed by atoms with Gasteiger partial charge in [0.1, 0.15) is 0 Å². The predicted molar refractivity (Wildman–Crippen MR) is 48.0 cm³/mol. The molecule has 2 heterocycles. The van der Waals surface area contributed by atoms with Crippen LogP contribution in [0.5, 0.6) is 0 Å². The molecule has 1 atom stereocenters. The van der Waals surface area contributed by atoms with Gasteiger partial charge in [-0.1, -0.05) is 13.8 Å². The molecular weight excluding hydrogens is 150 g/mol. The van der Waals surface area contributed by atoms with Gasteiger partial charge in [0, 0.05) is 30.9 Å². The molecular formula is C9H15N3. The van der Waals surface area contributed by atoms with E-state index in [0.717, 1.165) is 13.1 Å². The second kappa shape index (κ2) is 2.59. The van der Waals surface area contributed by atoms with E-state index in [1.807, 2.05) is 6.20 Å². The fourth-order valence-electron chi connectivity index (χ4n) is 1.93. The van der Waals surface area contributed by atoms with E-state index in [-0.39, 0.29) is 0 Å². The Labute approximate surface area is 72.6 Å². The second-order valence-corrected chi connectivity index (χ2v) is 4.18. The molecule has 2 rings (SSSR count). The number of aromatic amines is 1. The topological polar surface area (TPSA) is 40.7 Å². The minimum atomic E-state index is 0.354. The number of hydrogen-bond acceptors (Lipinski definition) is 2. The number of hydrogen-bond donors (Lipinski definition) is 2. The van der Waals surface area contributed by atoms with Gasteiger partial charge in [0.2, 0.25) is 0 Å². The molecule has 0 amide bonds. The first-order chi connectivity index (χ1) is 5.70. The fourth-order valence-corrected chi connectivity index (χ4v) is 1.93. The largest absolute Gasteiger partial charge is 0.348 e. The molecule has 2 N–H and O–H groups in total. The van der Waals surface area contributed by atoms with Crippen molar-refractivity contribution in [3.8, 4) is 0 Å². The van der Waals surface area contributed by atoms with Crippen molar-refractivity contribution in [1.82, 2.24) is 15.3 Å². The Kier molecular flexibility index (Phi) is 1.68. The molecule has 1 aromatic rings. The summed E-state index contributed by atoms with van der Waals surface area (Å²) in [6.07, 6.45) is 3.68. The van der Waals surface area contributed by atoms with E-state index in [9.17, 15) is 0 Å². The Balaban J connectivity index is 2.25. The molecule has 3 nitrogen and oxygen atoms in total. The summed E-state index contributed by atoms with van der Waals surface area (Å²) in [7, 11) is 0. The molecule has 3 heteroatoms. The summed E-state index contributed by atoms with van der Waals surface area (Å²) >= 11 is 0. The molecule has 1 aromatic heterocycles. The molecule has 66 valence electrons. The van der Waals surface area contributed by atoms with Crippen LogP contribution in [0.1, 0.15) is 25.5 Å². The van der Waals surface area contributed by atoms with Gasteiger partial charge in [-0.15, -0.1) is 0 Å². The van der Waals surface area contributed by atoms with E-state index in [1.165, 1.54) is 5.69 Å². The zero-order valence-corrected chi connectivity index (χ0v) is 7.59.